The van der Waals surface area contributed by atoms with Crippen LogP contribution in [-0.2, 0) is 16.8 Å². The van der Waals surface area contributed by atoms with Crippen molar-refractivity contribution in [3.05, 3.63) is 89.7 Å². The van der Waals surface area contributed by atoms with Crippen molar-refractivity contribution in [1.82, 2.24) is 14.9 Å². The third-order valence-corrected chi connectivity index (χ3v) is 9.18. The molecular weight excluding hydrogens is 597 g/mol. The number of benzene rings is 3. The quantitative estimate of drug-likeness (QED) is 0.254. The summed E-state index contributed by atoms with van der Waals surface area (Å²) >= 11 is 0. The Labute approximate surface area is 256 Å². The number of pyridine rings is 1. The maximum absolute atomic E-state index is 14.7. The standard InChI is InChI=1S/C33H24FN5O5S/c1-36-33(40)30-22-13-21(24-11-12-28-31(37-24)27-14-20-23(34)5-4-6-25(20)39(27)17-43-28)26(38(2)45(3,41)42)15-29(22)44-32(30)19-9-7-18(16-35)8-10-19/h4-15H,17H2,1-3H3,(H,36,40). The zero-order valence-electron chi connectivity index (χ0n) is 24.3. The molecule has 4 heterocycles. The van der Waals surface area contributed by atoms with E-state index in [1.165, 1.54) is 20.2 Å². The summed E-state index contributed by atoms with van der Waals surface area (Å²) in [6, 6.07) is 21.9. The molecule has 7 rings (SSSR count). The van der Waals surface area contributed by atoms with Gasteiger partial charge in [0, 0.05) is 42.1 Å². The van der Waals surface area contributed by atoms with E-state index in [4.69, 9.17) is 14.1 Å². The molecule has 0 fully saturated rings. The normalized spacial score (nSPS) is 12.3. The summed E-state index contributed by atoms with van der Waals surface area (Å²) < 4.78 is 55.5. The Bertz CT molecular complexity index is 2350. The Morgan fingerprint density at radius 1 is 1.09 bits per heavy atom. The van der Waals surface area contributed by atoms with Crippen molar-refractivity contribution in [1.29, 1.82) is 5.26 Å². The molecule has 1 aliphatic rings. The second-order valence-electron chi connectivity index (χ2n) is 10.6. The van der Waals surface area contributed by atoms with Gasteiger partial charge in [-0.05, 0) is 60.7 Å². The zero-order chi connectivity index (χ0) is 31.6. The molecule has 1 aliphatic heterocycles. The van der Waals surface area contributed by atoms with E-state index < -0.39 is 15.9 Å². The molecule has 0 unspecified atom stereocenters. The SMILES string of the molecule is CNC(=O)c1c(-c2ccc(C#N)cc2)oc2cc(N(C)S(C)(=O)=O)c(-c3ccc4c(n3)-c3cc5c(F)cccc5n3CO4)cc12. The molecule has 1 amide bonds. The largest absolute Gasteiger partial charge is 0.470 e. The number of carbonyl (C=O) groups is 1. The summed E-state index contributed by atoms with van der Waals surface area (Å²) in [6.07, 6.45) is 1.09. The van der Waals surface area contributed by atoms with Crippen molar-refractivity contribution in [2.24, 2.45) is 0 Å². The summed E-state index contributed by atoms with van der Waals surface area (Å²) in [5.74, 6) is -0.0284. The number of ether oxygens (including phenoxy) is 1. The minimum atomic E-state index is -3.74. The number of carbonyl (C=O) groups excluding carboxylic acids is 1. The maximum atomic E-state index is 14.7. The lowest BCUT2D eigenvalue weighted by atomic mass is 10.00. The van der Waals surface area contributed by atoms with Gasteiger partial charge < -0.3 is 19.0 Å². The van der Waals surface area contributed by atoms with E-state index in [-0.39, 0.29) is 35.1 Å². The zero-order valence-corrected chi connectivity index (χ0v) is 25.1. The minimum absolute atomic E-state index is 0.174. The monoisotopic (exact) mass is 621 g/mol. The molecule has 0 bridgehead atoms. The number of hydrogen-bond acceptors (Lipinski definition) is 7. The first kappa shape index (κ1) is 28.1. The van der Waals surface area contributed by atoms with Crippen LogP contribution < -0.4 is 14.4 Å². The summed E-state index contributed by atoms with van der Waals surface area (Å²) in [6.45, 7) is 0.174. The molecule has 0 radical (unpaired) electrons. The summed E-state index contributed by atoms with van der Waals surface area (Å²) in [5.41, 5.74) is 4.36. The molecule has 45 heavy (non-hydrogen) atoms. The second-order valence-corrected chi connectivity index (χ2v) is 12.6. The molecule has 3 aromatic heterocycles. The average molecular weight is 622 g/mol. The number of amides is 1. The van der Waals surface area contributed by atoms with Crippen LogP contribution in [0.4, 0.5) is 10.1 Å². The van der Waals surface area contributed by atoms with Crippen LogP contribution >= 0.6 is 0 Å². The average Bonchev–Trinajstić information content (AvgIpc) is 3.62. The molecule has 0 aliphatic carbocycles. The Morgan fingerprint density at radius 2 is 1.87 bits per heavy atom. The summed E-state index contributed by atoms with van der Waals surface area (Å²) in [5, 5.41) is 12.8. The molecule has 10 nitrogen and oxygen atoms in total. The van der Waals surface area contributed by atoms with Gasteiger partial charge in [0.05, 0.1) is 46.0 Å². The van der Waals surface area contributed by atoms with Crippen LogP contribution in [0.25, 0.3) is 55.8 Å². The van der Waals surface area contributed by atoms with Crippen LogP contribution in [0.5, 0.6) is 5.75 Å². The fourth-order valence-electron chi connectivity index (χ4n) is 5.64. The molecule has 3 aromatic carbocycles. The Morgan fingerprint density at radius 3 is 2.58 bits per heavy atom. The lowest BCUT2D eigenvalue weighted by molar-refractivity contribution is 0.0964. The lowest BCUT2D eigenvalue weighted by Gasteiger charge is -2.23. The van der Waals surface area contributed by atoms with Gasteiger partial charge >= 0.3 is 0 Å². The van der Waals surface area contributed by atoms with Gasteiger partial charge in [-0.25, -0.2) is 17.8 Å². The maximum Gasteiger partial charge on any atom is 0.255 e. The van der Waals surface area contributed by atoms with Crippen molar-refractivity contribution in [2.45, 2.75) is 6.73 Å². The van der Waals surface area contributed by atoms with E-state index in [9.17, 15) is 22.9 Å². The number of sulfonamides is 1. The molecule has 224 valence electrons. The van der Waals surface area contributed by atoms with Gasteiger partial charge in [0.1, 0.15) is 28.6 Å². The van der Waals surface area contributed by atoms with E-state index in [0.29, 0.717) is 55.8 Å². The van der Waals surface area contributed by atoms with Gasteiger partial charge in [-0.2, -0.15) is 5.26 Å². The fraction of sp³-hybridized carbons (Fsp3) is 0.121. The van der Waals surface area contributed by atoms with E-state index in [1.54, 1.807) is 66.7 Å². The lowest BCUT2D eigenvalue weighted by Crippen LogP contribution is -2.25. The third-order valence-electron chi connectivity index (χ3n) is 7.99. The molecule has 0 saturated heterocycles. The predicted molar refractivity (Wildman–Crippen MR) is 168 cm³/mol. The van der Waals surface area contributed by atoms with Crippen LogP contribution in [0.3, 0.4) is 0 Å². The van der Waals surface area contributed by atoms with Gasteiger partial charge in [-0.3, -0.25) is 9.10 Å². The third kappa shape index (κ3) is 4.47. The van der Waals surface area contributed by atoms with Crippen molar-refractivity contribution in [3.63, 3.8) is 0 Å². The van der Waals surface area contributed by atoms with E-state index in [0.717, 1.165) is 10.6 Å². The number of fused-ring (bicyclic) bond motifs is 6. The number of aromatic nitrogens is 2. The highest BCUT2D eigenvalue weighted by molar-refractivity contribution is 7.92. The molecule has 12 heteroatoms. The molecule has 6 aromatic rings. The van der Waals surface area contributed by atoms with Gasteiger partial charge in [-0.15, -0.1) is 0 Å². The summed E-state index contributed by atoms with van der Waals surface area (Å²) in [7, 11) is -0.817. The van der Waals surface area contributed by atoms with E-state index in [1.807, 2.05) is 4.57 Å². The Kier molecular flexibility index (Phi) is 6.38. The number of furan rings is 1. The van der Waals surface area contributed by atoms with Gasteiger partial charge in [0.15, 0.2) is 6.73 Å². The van der Waals surface area contributed by atoms with Crippen LogP contribution in [-0.4, -0.2) is 44.2 Å². The molecule has 0 atom stereocenters. The van der Waals surface area contributed by atoms with Crippen molar-refractivity contribution < 1.29 is 26.8 Å². The number of halogens is 1. The van der Waals surface area contributed by atoms with Crippen LogP contribution in [0.1, 0.15) is 15.9 Å². The van der Waals surface area contributed by atoms with Crippen molar-refractivity contribution >= 4 is 43.5 Å². The highest BCUT2D eigenvalue weighted by Gasteiger charge is 2.28. The smallest absolute Gasteiger partial charge is 0.255 e. The first-order valence-corrected chi connectivity index (χ1v) is 15.6. The number of nitrogens with zero attached hydrogens (tertiary/aromatic N) is 4. The molecule has 0 saturated carbocycles. The number of rotatable bonds is 5. The first-order chi connectivity index (χ1) is 21.6. The number of anilines is 1. The highest BCUT2D eigenvalue weighted by atomic mass is 32.2. The molecule has 0 spiro atoms. The fourth-order valence-corrected chi connectivity index (χ4v) is 6.15. The minimum Gasteiger partial charge on any atom is -0.470 e. The van der Waals surface area contributed by atoms with Gasteiger partial charge in [-0.1, -0.05) is 6.07 Å². The van der Waals surface area contributed by atoms with E-state index in [2.05, 4.69) is 11.4 Å². The van der Waals surface area contributed by atoms with Crippen LogP contribution in [0.2, 0.25) is 0 Å². The van der Waals surface area contributed by atoms with Gasteiger partial charge in [0.2, 0.25) is 10.0 Å². The second kappa shape index (κ2) is 10.2. The Balaban J connectivity index is 1.49. The number of nitriles is 1. The number of nitrogens with one attached hydrogen (secondary N) is 1. The van der Waals surface area contributed by atoms with Crippen LogP contribution in [0.15, 0.2) is 77.2 Å². The summed E-state index contributed by atoms with van der Waals surface area (Å²) in [4.78, 5) is 18.2. The van der Waals surface area contributed by atoms with Crippen molar-refractivity contribution in [3.8, 4) is 45.8 Å². The topological polar surface area (TPSA) is 130 Å². The Hall–Kier alpha value is -5.67. The predicted octanol–water partition coefficient (Wildman–Crippen LogP) is 5.90. The molecular formula is C33H24FN5O5S. The number of hydrogen-bond donors (Lipinski definition) is 1. The molecule has 1 N–H and O–H groups in total. The first-order valence-electron chi connectivity index (χ1n) is 13.8. The highest BCUT2D eigenvalue weighted by Crippen LogP contribution is 2.43. The van der Waals surface area contributed by atoms with Crippen molar-refractivity contribution in [2.75, 3.05) is 24.7 Å². The van der Waals surface area contributed by atoms with Gasteiger partial charge in [0.25, 0.3) is 5.91 Å². The van der Waals surface area contributed by atoms with E-state index >= 15 is 0 Å². The van der Waals surface area contributed by atoms with Crippen LogP contribution in [0, 0.1) is 17.1 Å².